The molecule has 15 heavy (non-hydrogen) atoms. The minimum atomic E-state index is -0.102. The smallest absolute Gasteiger partial charge is 0.176 e. The van der Waals surface area contributed by atoms with Crippen LogP contribution in [0.2, 0.25) is 0 Å². The molecule has 0 saturated heterocycles. The van der Waals surface area contributed by atoms with Gasteiger partial charge in [-0.15, -0.1) is 10.2 Å². The molecule has 1 saturated carbocycles. The zero-order valence-electron chi connectivity index (χ0n) is 9.48. The van der Waals surface area contributed by atoms with E-state index < -0.39 is 0 Å². The van der Waals surface area contributed by atoms with Crippen molar-refractivity contribution < 1.29 is 0 Å². The topological polar surface area (TPSA) is 69.6 Å². The molecule has 5 heteroatoms. The molecule has 1 heterocycles. The van der Waals surface area contributed by atoms with Crippen molar-refractivity contribution in [3.8, 4) is 0 Å². The van der Waals surface area contributed by atoms with Gasteiger partial charge in [0.15, 0.2) is 5.82 Å². The molecule has 1 aliphatic rings. The predicted octanol–water partition coefficient (Wildman–Crippen LogP) is 0.660. The summed E-state index contributed by atoms with van der Waals surface area (Å²) < 4.78 is 0. The van der Waals surface area contributed by atoms with Gasteiger partial charge in [-0.05, 0) is 36.8 Å². The SMILES string of the molecule is CC1CCC(N)(Cc2nnn(C)n2)CC1. The lowest BCUT2D eigenvalue weighted by Crippen LogP contribution is -2.45. The van der Waals surface area contributed by atoms with Crippen molar-refractivity contribution in [2.75, 3.05) is 0 Å². The number of rotatable bonds is 2. The highest BCUT2D eigenvalue weighted by atomic mass is 15.6. The number of nitrogens with zero attached hydrogens (tertiary/aromatic N) is 4. The second-order valence-electron chi connectivity index (χ2n) is 4.92. The summed E-state index contributed by atoms with van der Waals surface area (Å²) in [7, 11) is 1.78. The molecule has 0 aliphatic heterocycles. The maximum Gasteiger partial charge on any atom is 0.176 e. The van der Waals surface area contributed by atoms with Crippen LogP contribution in [0, 0.1) is 5.92 Å². The van der Waals surface area contributed by atoms with Gasteiger partial charge in [-0.3, -0.25) is 0 Å². The van der Waals surface area contributed by atoms with Crippen LogP contribution in [0.15, 0.2) is 0 Å². The molecule has 0 spiro atoms. The molecular formula is C10H19N5. The largest absolute Gasteiger partial charge is 0.325 e. The number of hydrogen-bond acceptors (Lipinski definition) is 4. The van der Waals surface area contributed by atoms with E-state index in [-0.39, 0.29) is 5.54 Å². The maximum absolute atomic E-state index is 6.35. The number of tetrazole rings is 1. The fourth-order valence-corrected chi connectivity index (χ4v) is 2.22. The first kappa shape index (κ1) is 10.5. The van der Waals surface area contributed by atoms with Gasteiger partial charge in [0.25, 0.3) is 0 Å². The molecule has 0 bridgehead atoms. The fraction of sp³-hybridized carbons (Fsp3) is 0.900. The Hall–Kier alpha value is -0.970. The van der Waals surface area contributed by atoms with Gasteiger partial charge in [0, 0.05) is 12.0 Å². The zero-order valence-corrected chi connectivity index (χ0v) is 9.48. The average Bonchev–Trinajstić information content (AvgIpc) is 2.57. The van der Waals surface area contributed by atoms with Crippen molar-refractivity contribution >= 4 is 0 Å². The molecule has 0 radical (unpaired) electrons. The first-order valence-corrected chi connectivity index (χ1v) is 5.59. The first-order chi connectivity index (χ1) is 7.07. The highest BCUT2D eigenvalue weighted by Crippen LogP contribution is 2.31. The summed E-state index contributed by atoms with van der Waals surface area (Å²) in [6.07, 6.45) is 5.35. The van der Waals surface area contributed by atoms with Crippen molar-refractivity contribution in [2.24, 2.45) is 18.7 Å². The van der Waals surface area contributed by atoms with Crippen LogP contribution in [-0.4, -0.2) is 25.7 Å². The fourth-order valence-electron chi connectivity index (χ4n) is 2.22. The lowest BCUT2D eigenvalue weighted by molar-refractivity contribution is 0.240. The Morgan fingerprint density at radius 2 is 2.13 bits per heavy atom. The van der Waals surface area contributed by atoms with E-state index in [0.29, 0.717) is 0 Å². The van der Waals surface area contributed by atoms with Crippen molar-refractivity contribution in [3.05, 3.63) is 5.82 Å². The number of hydrogen-bond donors (Lipinski definition) is 1. The Bertz CT molecular complexity index is 324. The standard InChI is InChI=1S/C10H19N5/c1-8-3-5-10(11,6-4-8)7-9-12-14-15(2)13-9/h8H,3-7,11H2,1-2H3. The van der Waals surface area contributed by atoms with E-state index in [4.69, 9.17) is 5.73 Å². The third-order valence-corrected chi connectivity index (χ3v) is 3.33. The van der Waals surface area contributed by atoms with Gasteiger partial charge >= 0.3 is 0 Å². The van der Waals surface area contributed by atoms with E-state index >= 15 is 0 Å². The second kappa shape index (κ2) is 3.89. The zero-order chi connectivity index (χ0) is 10.9. The van der Waals surface area contributed by atoms with Crippen LogP contribution in [0.4, 0.5) is 0 Å². The van der Waals surface area contributed by atoms with Gasteiger partial charge in [-0.25, -0.2) is 0 Å². The van der Waals surface area contributed by atoms with Gasteiger partial charge in [0.1, 0.15) is 0 Å². The van der Waals surface area contributed by atoms with Crippen LogP contribution >= 0.6 is 0 Å². The van der Waals surface area contributed by atoms with Gasteiger partial charge in [0.05, 0.1) is 7.05 Å². The minimum Gasteiger partial charge on any atom is -0.325 e. The van der Waals surface area contributed by atoms with E-state index in [1.165, 1.54) is 17.6 Å². The Balaban J connectivity index is 1.99. The molecule has 0 atom stereocenters. The van der Waals surface area contributed by atoms with Crippen molar-refractivity contribution in [1.82, 2.24) is 20.2 Å². The third-order valence-electron chi connectivity index (χ3n) is 3.33. The van der Waals surface area contributed by atoms with Crippen molar-refractivity contribution in [1.29, 1.82) is 0 Å². The van der Waals surface area contributed by atoms with Gasteiger partial charge in [-0.2, -0.15) is 4.80 Å². The van der Waals surface area contributed by atoms with Crippen LogP contribution in [-0.2, 0) is 13.5 Å². The Morgan fingerprint density at radius 3 is 2.67 bits per heavy atom. The number of aromatic nitrogens is 4. The van der Waals surface area contributed by atoms with Gasteiger partial charge < -0.3 is 5.73 Å². The van der Waals surface area contributed by atoms with E-state index in [2.05, 4.69) is 22.3 Å². The Kier molecular flexibility index (Phi) is 2.73. The molecule has 1 aromatic rings. The molecule has 2 N–H and O–H groups in total. The summed E-state index contributed by atoms with van der Waals surface area (Å²) in [6, 6.07) is 0. The molecule has 2 rings (SSSR count). The maximum atomic E-state index is 6.35. The summed E-state index contributed by atoms with van der Waals surface area (Å²) in [5.74, 6) is 1.59. The van der Waals surface area contributed by atoms with Crippen LogP contribution < -0.4 is 5.73 Å². The molecule has 1 aliphatic carbocycles. The average molecular weight is 209 g/mol. The summed E-state index contributed by atoms with van der Waals surface area (Å²) in [5.41, 5.74) is 6.24. The molecule has 0 aromatic carbocycles. The van der Waals surface area contributed by atoms with Gasteiger partial charge in [0.2, 0.25) is 0 Å². The third kappa shape index (κ3) is 2.53. The van der Waals surface area contributed by atoms with E-state index in [1.807, 2.05) is 0 Å². The Labute approximate surface area is 90.0 Å². The number of aryl methyl sites for hydroxylation is 1. The van der Waals surface area contributed by atoms with Crippen LogP contribution in [0.5, 0.6) is 0 Å². The monoisotopic (exact) mass is 209 g/mol. The van der Waals surface area contributed by atoms with E-state index in [0.717, 1.165) is 31.0 Å². The van der Waals surface area contributed by atoms with Crippen LogP contribution in [0.3, 0.4) is 0 Å². The minimum absolute atomic E-state index is 0.102. The summed E-state index contributed by atoms with van der Waals surface area (Å²) >= 11 is 0. The van der Waals surface area contributed by atoms with Crippen LogP contribution in [0.25, 0.3) is 0 Å². The summed E-state index contributed by atoms with van der Waals surface area (Å²) in [5, 5.41) is 12.0. The molecule has 5 nitrogen and oxygen atoms in total. The lowest BCUT2D eigenvalue weighted by atomic mass is 9.76. The lowest BCUT2D eigenvalue weighted by Gasteiger charge is -2.35. The second-order valence-corrected chi connectivity index (χ2v) is 4.92. The molecular weight excluding hydrogens is 190 g/mol. The highest BCUT2D eigenvalue weighted by molar-refractivity contribution is 4.97. The first-order valence-electron chi connectivity index (χ1n) is 5.59. The van der Waals surface area contributed by atoms with E-state index in [1.54, 1.807) is 7.05 Å². The van der Waals surface area contributed by atoms with Gasteiger partial charge in [-0.1, -0.05) is 6.92 Å². The van der Waals surface area contributed by atoms with Crippen molar-refractivity contribution in [2.45, 2.75) is 44.6 Å². The molecule has 0 amide bonds. The summed E-state index contributed by atoms with van der Waals surface area (Å²) in [6.45, 7) is 2.29. The van der Waals surface area contributed by atoms with Crippen LogP contribution in [0.1, 0.15) is 38.4 Å². The Morgan fingerprint density at radius 1 is 1.47 bits per heavy atom. The normalized spacial score (nSPS) is 31.8. The molecule has 1 aromatic heterocycles. The van der Waals surface area contributed by atoms with Crippen molar-refractivity contribution in [3.63, 3.8) is 0 Å². The molecule has 0 unspecified atom stereocenters. The highest BCUT2D eigenvalue weighted by Gasteiger charge is 2.31. The quantitative estimate of drug-likeness (QED) is 0.777. The summed E-state index contributed by atoms with van der Waals surface area (Å²) in [4.78, 5) is 1.49. The molecule has 1 fully saturated rings. The number of nitrogens with two attached hydrogens (primary N) is 1. The molecule has 84 valence electrons. The van der Waals surface area contributed by atoms with E-state index in [9.17, 15) is 0 Å². The predicted molar refractivity (Wildman–Crippen MR) is 57.1 cm³/mol.